The Kier molecular flexibility index (Phi) is 8.90. The summed E-state index contributed by atoms with van der Waals surface area (Å²) in [6.45, 7) is 6.08. The van der Waals surface area contributed by atoms with E-state index in [-0.39, 0.29) is 48.4 Å². The molecule has 2 aliphatic rings. The van der Waals surface area contributed by atoms with E-state index in [1.54, 1.807) is 42.3 Å². The standard InChI is InChI=1S/C29H40FN3O4Si/c1-19-25(37-26(28(19)38(2,3)30)17-27(35)33-16-4-5-24(33)18-34)15-8-20-6-13-23(14-7-20)32-29(36)21-9-11-22(31)12-10-21/h6-7,9-14,19,24-26,28,34H,4-5,8,15-18,31H2,1-3H3,(H,32,36)/t19-,24-,25+,26-,28+/m0/s1. The maximum Gasteiger partial charge on any atom is 0.255 e. The van der Waals surface area contributed by atoms with E-state index >= 15 is 4.11 Å². The highest BCUT2D eigenvalue weighted by Gasteiger charge is 2.52. The van der Waals surface area contributed by atoms with Gasteiger partial charge in [-0.25, -0.2) is 0 Å². The largest absolute Gasteiger partial charge is 0.399 e. The van der Waals surface area contributed by atoms with Crippen molar-refractivity contribution in [1.29, 1.82) is 0 Å². The van der Waals surface area contributed by atoms with Gasteiger partial charge in [0.1, 0.15) is 0 Å². The molecule has 0 bridgehead atoms. The number of nitrogen functional groups attached to an aromatic ring is 1. The Hall–Kier alpha value is -2.75. The van der Waals surface area contributed by atoms with Crippen LogP contribution in [0.5, 0.6) is 0 Å². The molecule has 4 N–H and O–H groups in total. The van der Waals surface area contributed by atoms with Gasteiger partial charge in [0.15, 0.2) is 0 Å². The van der Waals surface area contributed by atoms with E-state index in [2.05, 4.69) is 12.2 Å². The zero-order valence-electron chi connectivity index (χ0n) is 22.5. The molecule has 7 nitrogen and oxygen atoms in total. The van der Waals surface area contributed by atoms with Crippen LogP contribution >= 0.6 is 0 Å². The van der Waals surface area contributed by atoms with Crippen LogP contribution in [0.1, 0.15) is 48.5 Å². The van der Waals surface area contributed by atoms with Gasteiger partial charge in [-0.1, -0.05) is 19.1 Å². The van der Waals surface area contributed by atoms with Crippen LogP contribution in [0.25, 0.3) is 0 Å². The molecule has 0 unspecified atom stereocenters. The molecule has 0 spiro atoms. The monoisotopic (exact) mass is 541 g/mol. The van der Waals surface area contributed by atoms with Crippen LogP contribution in [-0.4, -0.2) is 61.6 Å². The molecule has 206 valence electrons. The summed E-state index contributed by atoms with van der Waals surface area (Å²) in [4.78, 5) is 27.2. The number of benzene rings is 2. The average molecular weight is 542 g/mol. The van der Waals surface area contributed by atoms with Crippen LogP contribution in [0, 0.1) is 5.92 Å². The number of rotatable bonds is 9. The van der Waals surface area contributed by atoms with Crippen molar-refractivity contribution in [1.82, 2.24) is 4.90 Å². The number of nitrogens with zero attached hydrogens (tertiary/aromatic N) is 1. The lowest BCUT2D eigenvalue weighted by Crippen LogP contribution is -2.42. The summed E-state index contributed by atoms with van der Waals surface area (Å²) in [5.74, 6) is -0.223. The first-order valence-electron chi connectivity index (χ1n) is 13.6. The van der Waals surface area contributed by atoms with E-state index in [4.69, 9.17) is 10.5 Å². The van der Waals surface area contributed by atoms with E-state index < -0.39 is 14.5 Å². The maximum absolute atomic E-state index is 15.4. The second kappa shape index (κ2) is 12.0. The van der Waals surface area contributed by atoms with E-state index in [1.165, 1.54) is 0 Å². The van der Waals surface area contributed by atoms with Crippen molar-refractivity contribution < 1.29 is 23.5 Å². The highest BCUT2D eigenvalue weighted by atomic mass is 28.4. The summed E-state index contributed by atoms with van der Waals surface area (Å²) >= 11 is 0. The number of carbonyl (C=O) groups is 2. The van der Waals surface area contributed by atoms with Crippen molar-refractivity contribution in [3.05, 3.63) is 59.7 Å². The number of anilines is 2. The van der Waals surface area contributed by atoms with E-state index in [0.717, 1.165) is 31.2 Å². The van der Waals surface area contributed by atoms with Crippen molar-refractivity contribution in [3.63, 3.8) is 0 Å². The second-order valence-electron chi connectivity index (χ2n) is 11.2. The van der Waals surface area contributed by atoms with Gasteiger partial charge in [0.05, 0.1) is 31.3 Å². The third kappa shape index (κ3) is 6.62. The zero-order valence-corrected chi connectivity index (χ0v) is 23.5. The Morgan fingerprint density at radius 1 is 1.13 bits per heavy atom. The number of nitrogens with one attached hydrogen (secondary N) is 1. The molecule has 0 radical (unpaired) electrons. The number of halogens is 1. The Balaban J connectivity index is 1.35. The molecule has 2 heterocycles. The highest BCUT2D eigenvalue weighted by Crippen LogP contribution is 2.47. The Morgan fingerprint density at radius 3 is 2.45 bits per heavy atom. The van der Waals surface area contributed by atoms with Gasteiger partial charge >= 0.3 is 0 Å². The Labute approximate surface area is 225 Å². The number of likely N-dealkylation sites (tertiary alicyclic amines) is 1. The van der Waals surface area contributed by atoms with Crippen LogP contribution in [0.4, 0.5) is 15.5 Å². The molecular weight excluding hydrogens is 501 g/mol. The van der Waals surface area contributed by atoms with E-state index in [0.29, 0.717) is 23.5 Å². The molecule has 38 heavy (non-hydrogen) atoms. The lowest BCUT2D eigenvalue weighted by Gasteiger charge is -2.30. The topological polar surface area (TPSA) is 105 Å². The number of aliphatic hydroxyl groups excluding tert-OH is 1. The second-order valence-corrected chi connectivity index (χ2v) is 15.0. The van der Waals surface area contributed by atoms with Crippen LogP contribution in [0.15, 0.2) is 48.5 Å². The molecule has 5 atom stereocenters. The molecule has 9 heteroatoms. The molecule has 0 aliphatic carbocycles. The normalized spacial score (nSPS) is 25.5. The predicted molar refractivity (Wildman–Crippen MR) is 150 cm³/mol. The van der Waals surface area contributed by atoms with Crippen LogP contribution in [-0.2, 0) is 16.0 Å². The Morgan fingerprint density at radius 2 is 1.82 bits per heavy atom. The zero-order chi connectivity index (χ0) is 27.4. The Bertz CT molecular complexity index is 1110. The number of aliphatic hydroxyl groups is 1. The summed E-state index contributed by atoms with van der Waals surface area (Å²) in [7, 11) is -3.08. The van der Waals surface area contributed by atoms with E-state index in [1.807, 2.05) is 24.3 Å². The maximum atomic E-state index is 15.4. The fraction of sp³-hybridized carbons (Fsp3) is 0.517. The summed E-state index contributed by atoms with van der Waals surface area (Å²) in [6.07, 6.45) is 2.79. The molecule has 2 aliphatic heterocycles. The molecule has 4 rings (SSSR count). The first-order valence-corrected chi connectivity index (χ1v) is 16.5. The fourth-order valence-corrected chi connectivity index (χ4v) is 8.67. The number of hydrogen-bond donors (Lipinski definition) is 3. The van der Waals surface area contributed by atoms with Gasteiger partial charge < -0.3 is 29.9 Å². The molecule has 2 aromatic rings. The minimum atomic E-state index is -3.08. The van der Waals surface area contributed by atoms with Crippen LogP contribution in [0.2, 0.25) is 18.6 Å². The molecule has 0 aromatic heterocycles. The number of amides is 2. The van der Waals surface area contributed by atoms with Crippen molar-refractivity contribution in [3.8, 4) is 0 Å². The van der Waals surface area contributed by atoms with Gasteiger partial charge in [-0.2, -0.15) is 0 Å². The van der Waals surface area contributed by atoms with Gasteiger partial charge in [0.25, 0.3) is 5.91 Å². The SMILES string of the molecule is C[C@@H]1[C@@H]([Si](C)(C)F)[C@H](CC(=O)N2CCC[C@H]2CO)O[C@@H]1CCc1ccc(NC(=O)c2ccc(N)cc2)cc1. The fourth-order valence-electron chi connectivity index (χ4n) is 6.12. The molecule has 0 saturated carbocycles. The summed E-state index contributed by atoms with van der Waals surface area (Å²) in [5.41, 5.74) is 8.38. The average Bonchev–Trinajstić information content (AvgIpc) is 3.48. The van der Waals surface area contributed by atoms with Crippen molar-refractivity contribution in [2.24, 2.45) is 5.92 Å². The molecule has 2 amide bonds. The quantitative estimate of drug-likeness (QED) is 0.241. The van der Waals surface area contributed by atoms with E-state index in [9.17, 15) is 14.7 Å². The van der Waals surface area contributed by atoms with Crippen molar-refractivity contribution in [2.75, 3.05) is 24.2 Å². The lowest BCUT2D eigenvalue weighted by atomic mass is 9.95. The lowest BCUT2D eigenvalue weighted by molar-refractivity contribution is -0.135. The van der Waals surface area contributed by atoms with Gasteiger partial charge in [-0.05, 0) is 86.7 Å². The first kappa shape index (κ1) is 28.3. The number of carbonyl (C=O) groups excluding carboxylic acids is 2. The molecule has 2 saturated heterocycles. The van der Waals surface area contributed by atoms with Crippen LogP contribution < -0.4 is 11.1 Å². The third-order valence-electron chi connectivity index (χ3n) is 8.08. The van der Waals surface area contributed by atoms with Crippen LogP contribution in [0.3, 0.4) is 0 Å². The number of hydrogen-bond acceptors (Lipinski definition) is 5. The predicted octanol–water partition coefficient (Wildman–Crippen LogP) is 4.78. The minimum Gasteiger partial charge on any atom is -0.399 e. The van der Waals surface area contributed by atoms with Gasteiger partial charge in [-0.3, -0.25) is 9.59 Å². The minimum absolute atomic E-state index is 0.0187. The third-order valence-corrected chi connectivity index (χ3v) is 10.6. The summed E-state index contributed by atoms with van der Waals surface area (Å²) in [5, 5.41) is 12.5. The first-order chi connectivity index (χ1) is 18.1. The van der Waals surface area contributed by atoms with Crippen molar-refractivity contribution >= 4 is 31.6 Å². The number of aryl methyl sites for hydroxylation is 1. The van der Waals surface area contributed by atoms with Crippen molar-refractivity contribution in [2.45, 2.75) is 75.9 Å². The van der Waals surface area contributed by atoms with Gasteiger partial charge in [0, 0.05) is 29.0 Å². The smallest absolute Gasteiger partial charge is 0.255 e. The van der Waals surface area contributed by atoms with Gasteiger partial charge in [-0.15, -0.1) is 0 Å². The molecular formula is C29H40FN3O4Si. The van der Waals surface area contributed by atoms with Gasteiger partial charge in [0.2, 0.25) is 14.3 Å². The summed E-state index contributed by atoms with van der Waals surface area (Å²) in [6, 6.07) is 14.3. The number of ether oxygens (including phenoxy) is 1. The molecule has 2 aromatic carbocycles. The molecule has 2 fully saturated rings. The summed E-state index contributed by atoms with van der Waals surface area (Å²) < 4.78 is 21.8. The highest BCUT2D eigenvalue weighted by molar-refractivity contribution is 6.72. The number of nitrogens with two attached hydrogens (primary N) is 1.